The molecule has 2 N–H and O–H groups in total. The number of aromatic nitrogens is 4. The molecule has 0 fully saturated rings. The maximum Gasteiger partial charge on any atom is 0.389 e. The van der Waals surface area contributed by atoms with E-state index in [0.717, 1.165) is 6.26 Å². The molecule has 0 aliphatic heterocycles. The number of carbonyl (C=O) groups is 2. The van der Waals surface area contributed by atoms with Crippen LogP contribution in [0, 0.1) is 0 Å². The summed E-state index contributed by atoms with van der Waals surface area (Å²) in [6.45, 7) is -0.122. The van der Waals surface area contributed by atoms with Crippen LogP contribution in [-0.2, 0) is 24.3 Å². The van der Waals surface area contributed by atoms with E-state index in [-0.39, 0.29) is 24.3 Å². The highest BCUT2D eigenvalue weighted by Crippen LogP contribution is 2.23. The summed E-state index contributed by atoms with van der Waals surface area (Å²) in [5.74, 6) is -1.45. The number of hydrogen-bond acceptors (Lipinski definition) is 6. The molecule has 3 aromatic rings. The molecule has 0 atom stereocenters. The number of imidazole rings is 1. The van der Waals surface area contributed by atoms with E-state index in [2.05, 4.69) is 30.4 Å². The first-order valence-electron chi connectivity index (χ1n) is 9.84. The fourth-order valence-electron chi connectivity index (χ4n) is 2.84. The minimum atomic E-state index is -4.42. The fourth-order valence-corrected chi connectivity index (χ4v) is 2.84. The third-order valence-corrected chi connectivity index (χ3v) is 4.52. The molecule has 3 rings (SSSR count). The summed E-state index contributed by atoms with van der Waals surface area (Å²) in [7, 11) is 0. The van der Waals surface area contributed by atoms with Gasteiger partial charge in [-0.05, 0) is 11.6 Å². The van der Waals surface area contributed by atoms with Crippen LogP contribution in [0.3, 0.4) is 0 Å². The lowest BCUT2D eigenvalue weighted by Gasteiger charge is -2.07. The van der Waals surface area contributed by atoms with Gasteiger partial charge in [0.05, 0.1) is 36.7 Å². The normalized spacial score (nSPS) is 12.2. The van der Waals surface area contributed by atoms with Crippen LogP contribution in [-0.4, -0.2) is 43.9 Å². The average Bonchev–Trinajstić information content (AvgIpc) is 3.38. The highest BCUT2D eigenvalue weighted by atomic mass is 19.4. The van der Waals surface area contributed by atoms with Crippen molar-refractivity contribution in [2.45, 2.75) is 51.1 Å². The molecule has 0 aliphatic rings. The number of carbonyl (C=O) groups excluding carboxylic acids is 2. The van der Waals surface area contributed by atoms with Gasteiger partial charge in [-0.1, -0.05) is 5.16 Å². The summed E-state index contributed by atoms with van der Waals surface area (Å²) < 4.78 is 79.7. The van der Waals surface area contributed by atoms with Crippen molar-refractivity contribution in [1.82, 2.24) is 30.4 Å². The van der Waals surface area contributed by atoms with Crippen molar-refractivity contribution in [3.05, 3.63) is 47.2 Å². The molecule has 3 heterocycles. The van der Waals surface area contributed by atoms with Gasteiger partial charge in [-0.15, -0.1) is 0 Å². The maximum absolute atomic E-state index is 12.4. The van der Waals surface area contributed by atoms with Crippen LogP contribution in [0.4, 0.5) is 26.3 Å². The lowest BCUT2D eigenvalue weighted by Crippen LogP contribution is -2.24. The molecule has 34 heavy (non-hydrogen) atoms. The summed E-state index contributed by atoms with van der Waals surface area (Å²) in [5, 5.41) is 12.4. The number of nitrogens with zero attached hydrogens (tertiary/aromatic N) is 4. The van der Waals surface area contributed by atoms with E-state index < -0.39 is 49.9 Å². The molecule has 15 heteroatoms. The topological polar surface area (TPSA) is 114 Å². The van der Waals surface area contributed by atoms with E-state index in [1.807, 2.05) is 0 Å². The summed E-state index contributed by atoms with van der Waals surface area (Å²) in [6.07, 6.45) is -8.52. The smallest absolute Gasteiger partial charge is 0.364 e. The number of nitrogens with one attached hydrogen (secondary N) is 2. The van der Waals surface area contributed by atoms with Gasteiger partial charge in [0.25, 0.3) is 5.91 Å². The largest absolute Gasteiger partial charge is 0.389 e. The number of halogens is 6. The van der Waals surface area contributed by atoms with E-state index in [1.165, 1.54) is 16.9 Å². The zero-order valence-corrected chi connectivity index (χ0v) is 17.3. The SMILES string of the molecule is O=C(CCC(F)(F)F)NCc1cnn2cc(CNC(=O)c3conc3CCC(F)(F)F)nc2c1. The van der Waals surface area contributed by atoms with Crippen LogP contribution in [0.2, 0.25) is 0 Å². The highest BCUT2D eigenvalue weighted by Gasteiger charge is 2.29. The van der Waals surface area contributed by atoms with E-state index in [1.54, 1.807) is 6.07 Å². The first kappa shape index (κ1) is 25.0. The molecular weight excluding hydrogens is 474 g/mol. The summed E-state index contributed by atoms with van der Waals surface area (Å²) in [6, 6.07) is 1.55. The van der Waals surface area contributed by atoms with E-state index in [9.17, 15) is 35.9 Å². The Bertz CT molecular complexity index is 1150. The summed E-state index contributed by atoms with van der Waals surface area (Å²) in [4.78, 5) is 28.1. The number of rotatable bonds is 9. The van der Waals surface area contributed by atoms with Gasteiger partial charge in [0, 0.05) is 25.8 Å². The van der Waals surface area contributed by atoms with Gasteiger partial charge in [-0.25, -0.2) is 9.50 Å². The molecule has 0 unspecified atom stereocenters. The first-order chi connectivity index (χ1) is 15.9. The Morgan fingerprint density at radius 3 is 2.47 bits per heavy atom. The van der Waals surface area contributed by atoms with Gasteiger partial charge < -0.3 is 15.2 Å². The van der Waals surface area contributed by atoms with Gasteiger partial charge in [0.2, 0.25) is 5.91 Å². The average molecular weight is 492 g/mol. The quantitative estimate of drug-likeness (QED) is 0.444. The minimum absolute atomic E-state index is 0.0483. The molecule has 0 bridgehead atoms. The van der Waals surface area contributed by atoms with Crippen LogP contribution in [0.25, 0.3) is 5.65 Å². The van der Waals surface area contributed by atoms with E-state index >= 15 is 0 Å². The molecule has 0 aliphatic carbocycles. The van der Waals surface area contributed by atoms with Crippen molar-refractivity contribution in [2.75, 3.05) is 0 Å². The van der Waals surface area contributed by atoms with E-state index in [4.69, 9.17) is 0 Å². The number of alkyl halides is 6. The molecule has 0 aromatic carbocycles. The Labute approximate surface area is 187 Å². The molecular formula is C19H18F6N6O3. The molecule has 0 radical (unpaired) electrons. The number of hydrogen-bond donors (Lipinski definition) is 2. The van der Waals surface area contributed by atoms with Crippen LogP contribution in [0.15, 0.2) is 29.2 Å². The van der Waals surface area contributed by atoms with Crippen molar-refractivity contribution in [2.24, 2.45) is 0 Å². The molecule has 3 aromatic heterocycles. The first-order valence-corrected chi connectivity index (χ1v) is 9.84. The lowest BCUT2D eigenvalue weighted by molar-refractivity contribution is -0.144. The van der Waals surface area contributed by atoms with Gasteiger partial charge >= 0.3 is 12.4 Å². The molecule has 0 spiro atoms. The zero-order valence-electron chi connectivity index (χ0n) is 17.3. The Morgan fingerprint density at radius 1 is 1.03 bits per heavy atom. The lowest BCUT2D eigenvalue weighted by atomic mass is 10.1. The second kappa shape index (κ2) is 10.1. The third-order valence-electron chi connectivity index (χ3n) is 4.52. The minimum Gasteiger partial charge on any atom is -0.364 e. The number of amides is 2. The number of aryl methyl sites for hydroxylation is 1. The maximum atomic E-state index is 12.4. The Kier molecular flexibility index (Phi) is 7.41. The molecule has 9 nitrogen and oxygen atoms in total. The third kappa shape index (κ3) is 7.45. The van der Waals surface area contributed by atoms with Crippen LogP contribution < -0.4 is 10.6 Å². The highest BCUT2D eigenvalue weighted by molar-refractivity contribution is 5.94. The second-order valence-corrected chi connectivity index (χ2v) is 7.26. The van der Waals surface area contributed by atoms with Crippen LogP contribution in [0.1, 0.15) is 46.6 Å². The Morgan fingerprint density at radius 2 is 1.76 bits per heavy atom. The van der Waals surface area contributed by atoms with Crippen molar-refractivity contribution < 1.29 is 40.5 Å². The predicted molar refractivity (Wildman–Crippen MR) is 102 cm³/mol. The van der Waals surface area contributed by atoms with Gasteiger partial charge in [-0.2, -0.15) is 31.4 Å². The second-order valence-electron chi connectivity index (χ2n) is 7.26. The van der Waals surface area contributed by atoms with Gasteiger partial charge in [-0.3, -0.25) is 9.59 Å². The van der Waals surface area contributed by atoms with Gasteiger partial charge in [0.15, 0.2) is 5.65 Å². The van der Waals surface area contributed by atoms with Crippen LogP contribution in [0.5, 0.6) is 0 Å². The predicted octanol–water partition coefficient (Wildman–Crippen LogP) is 3.10. The van der Waals surface area contributed by atoms with Crippen molar-refractivity contribution in [3.63, 3.8) is 0 Å². The Hall–Kier alpha value is -3.65. The summed E-state index contributed by atoms with van der Waals surface area (Å²) >= 11 is 0. The number of fused-ring (bicyclic) bond motifs is 1. The van der Waals surface area contributed by atoms with Crippen molar-refractivity contribution in [3.8, 4) is 0 Å². The van der Waals surface area contributed by atoms with Crippen LogP contribution >= 0.6 is 0 Å². The standard InChI is InChI=1S/C19H18F6N6O3/c20-18(21,22)3-1-14-13(10-34-30-14)17(33)27-8-12-9-31-15(29-12)5-11(7-28-31)6-26-16(32)2-4-19(23,24)25/h5,7,9-10H,1-4,6,8H2,(H,26,32)(H,27,33). The van der Waals surface area contributed by atoms with Crippen molar-refractivity contribution >= 4 is 17.5 Å². The molecule has 184 valence electrons. The summed E-state index contributed by atoms with van der Waals surface area (Å²) in [5.41, 5.74) is 0.985. The molecule has 0 saturated heterocycles. The zero-order chi connectivity index (χ0) is 24.9. The van der Waals surface area contributed by atoms with Crippen molar-refractivity contribution in [1.29, 1.82) is 0 Å². The Balaban J connectivity index is 1.55. The van der Waals surface area contributed by atoms with Gasteiger partial charge in [0.1, 0.15) is 11.8 Å². The fraction of sp³-hybridized carbons (Fsp3) is 0.421. The molecule has 2 amide bonds. The molecule has 0 saturated carbocycles. The monoisotopic (exact) mass is 492 g/mol. The van der Waals surface area contributed by atoms with E-state index in [0.29, 0.717) is 16.9 Å².